The molecule has 0 aliphatic heterocycles. The Hall–Kier alpha value is -2.64. The highest BCUT2D eigenvalue weighted by atomic mass is 79.9. The van der Waals surface area contributed by atoms with Gasteiger partial charge in [0.15, 0.2) is 6.61 Å². The molecular weight excluding hydrogens is 562 g/mol. The van der Waals surface area contributed by atoms with E-state index in [2.05, 4.69) is 49.3 Å². The van der Waals surface area contributed by atoms with Gasteiger partial charge in [0.1, 0.15) is 12.4 Å². The van der Waals surface area contributed by atoms with Crippen LogP contribution in [0.15, 0.2) is 75.7 Å². The summed E-state index contributed by atoms with van der Waals surface area (Å²) < 4.78 is 12.8. The van der Waals surface area contributed by atoms with Gasteiger partial charge in [0.25, 0.3) is 5.91 Å². The van der Waals surface area contributed by atoms with Crippen molar-refractivity contribution in [3.05, 3.63) is 97.9 Å². The lowest BCUT2D eigenvalue weighted by molar-refractivity contribution is -0.124. The smallest absolute Gasteiger partial charge is 0.338 e. The van der Waals surface area contributed by atoms with Crippen LogP contribution in [0.5, 0.6) is 5.75 Å². The van der Waals surface area contributed by atoms with E-state index < -0.39 is 5.97 Å². The number of aryl methyl sites for hydroxylation is 2. The van der Waals surface area contributed by atoms with Crippen LogP contribution < -0.4 is 10.1 Å². The number of carbonyl (C=O) groups is 2. The van der Waals surface area contributed by atoms with E-state index in [4.69, 9.17) is 9.47 Å². The van der Waals surface area contributed by atoms with E-state index in [-0.39, 0.29) is 18.6 Å². The minimum absolute atomic E-state index is 0.0145. The van der Waals surface area contributed by atoms with Crippen LogP contribution in [-0.2, 0) is 22.6 Å². The van der Waals surface area contributed by atoms with Gasteiger partial charge in [-0.25, -0.2) is 4.79 Å². The molecule has 3 aromatic rings. The van der Waals surface area contributed by atoms with Gasteiger partial charge in [-0.05, 0) is 99.5 Å². The van der Waals surface area contributed by atoms with E-state index in [1.165, 1.54) is 5.56 Å². The summed E-state index contributed by atoms with van der Waals surface area (Å²) in [5, 5.41) is 2.87. The zero-order chi connectivity index (χ0) is 24.5. The Morgan fingerprint density at radius 1 is 0.941 bits per heavy atom. The Kier molecular flexibility index (Phi) is 9.72. The molecule has 0 aliphatic rings. The molecule has 0 heterocycles. The molecule has 3 aromatic carbocycles. The van der Waals surface area contributed by atoms with Gasteiger partial charge in [0, 0.05) is 6.04 Å². The Morgan fingerprint density at radius 2 is 1.59 bits per heavy atom. The average molecular weight is 589 g/mol. The fourth-order valence-electron chi connectivity index (χ4n) is 3.35. The Morgan fingerprint density at radius 3 is 2.24 bits per heavy atom. The van der Waals surface area contributed by atoms with E-state index >= 15 is 0 Å². The third-order valence-corrected chi connectivity index (χ3v) is 6.34. The van der Waals surface area contributed by atoms with Crippen molar-refractivity contribution < 1.29 is 19.1 Å². The van der Waals surface area contributed by atoms with Crippen LogP contribution >= 0.6 is 31.9 Å². The number of esters is 1. The Bertz CT molecular complexity index is 1090. The summed E-state index contributed by atoms with van der Waals surface area (Å²) in [6, 6.07) is 21.0. The highest BCUT2D eigenvalue weighted by Gasteiger charge is 2.13. The van der Waals surface area contributed by atoms with Crippen molar-refractivity contribution in [1.29, 1.82) is 0 Å². The summed E-state index contributed by atoms with van der Waals surface area (Å²) in [5.41, 5.74) is 3.62. The summed E-state index contributed by atoms with van der Waals surface area (Å²) in [5.74, 6) is -0.130. The molecule has 7 heteroatoms. The molecule has 1 N–H and O–H groups in total. The van der Waals surface area contributed by atoms with Crippen molar-refractivity contribution in [2.24, 2.45) is 0 Å². The maximum atomic E-state index is 12.3. The summed E-state index contributed by atoms with van der Waals surface area (Å²) in [6.45, 7) is 3.98. The first-order valence-electron chi connectivity index (χ1n) is 11.0. The number of amides is 1. The summed E-state index contributed by atoms with van der Waals surface area (Å²) in [4.78, 5) is 24.4. The predicted octanol–water partition coefficient (Wildman–Crippen LogP) is 6.39. The van der Waals surface area contributed by atoms with Crippen LogP contribution in [-0.4, -0.2) is 24.5 Å². The quantitative estimate of drug-likeness (QED) is 0.279. The molecule has 1 amide bonds. The molecule has 1 atom stereocenters. The number of carbonyl (C=O) groups excluding carboxylic acids is 2. The molecule has 0 bridgehead atoms. The van der Waals surface area contributed by atoms with Gasteiger partial charge in [0.2, 0.25) is 0 Å². The molecule has 0 saturated heterocycles. The largest absolute Gasteiger partial charge is 0.487 e. The molecule has 0 saturated carbocycles. The highest BCUT2D eigenvalue weighted by molar-refractivity contribution is 9.11. The van der Waals surface area contributed by atoms with Gasteiger partial charge in [-0.3, -0.25) is 4.79 Å². The number of halogens is 2. The van der Waals surface area contributed by atoms with Crippen molar-refractivity contribution in [3.8, 4) is 5.75 Å². The molecule has 34 heavy (non-hydrogen) atoms. The number of nitrogens with one attached hydrogen (secondary N) is 1. The number of ether oxygens (including phenoxy) is 2. The first-order valence-corrected chi connectivity index (χ1v) is 12.6. The van der Waals surface area contributed by atoms with Gasteiger partial charge in [-0.15, -0.1) is 0 Å². The molecule has 3 rings (SSSR count). The molecule has 0 aliphatic carbocycles. The number of rotatable bonds is 10. The fraction of sp³-hybridized carbons (Fsp3) is 0.259. The maximum absolute atomic E-state index is 12.3. The van der Waals surface area contributed by atoms with Crippen molar-refractivity contribution in [2.75, 3.05) is 6.61 Å². The highest BCUT2D eigenvalue weighted by Crippen LogP contribution is 2.35. The monoisotopic (exact) mass is 587 g/mol. The zero-order valence-electron chi connectivity index (χ0n) is 19.1. The van der Waals surface area contributed by atoms with E-state index in [9.17, 15) is 9.59 Å². The van der Waals surface area contributed by atoms with Crippen LogP contribution in [0.25, 0.3) is 0 Å². The number of benzene rings is 3. The van der Waals surface area contributed by atoms with Gasteiger partial charge in [0.05, 0.1) is 14.5 Å². The van der Waals surface area contributed by atoms with Crippen molar-refractivity contribution in [1.82, 2.24) is 5.32 Å². The first-order chi connectivity index (χ1) is 16.3. The SMILES string of the molecule is Cc1cc(Br)c(OCc2ccc(C(=O)OCC(=O)N[C@H](C)CCc3ccccc3)cc2)c(Br)c1. The van der Waals surface area contributed by atoms with Crippen LogP contribution in [0.3, 0.4) is 0 Å². The molecule has 0 aromatic heterocycles. The average Bonchev–Trinajstić information content (AvgIpc) is 2.81. The van der Waals surface area contributed by atoms with Crippen molar-refractivity contribution in [3.63, 3.8) is 0 Å². The maximum Gasteiger partial charge on any atom is 0.338 e. The molecule has 0 spiro atoms. The van der Waals surface area contributed by atoms with Gasteiger partial charge < -0.3 is 14.8 Å². The Balaban J connectivity index is 1.42. The van der Waals surface area contributed by atoms with E-state index in [1.807, 2.05) is 44.2 Å². The van der Waals surface area contributed by atoms with Crippen LogP contribution in [0.1, 0.15) is 40.4 Å². The molecule has 5 nitrogen and oxygen atoms in total. The summed E-state index contributed by atoms with van der Waals surface area (Å²) in [6.07, 6.45) is 1.68. The normalized spacial score (nSPS) is 11.5. The third-order valence-electron chi connectivity index (χ3n) is 5.17. The third kappa shape index (κ3) is 7.99. The van der Waals surface area contributed by atoms with Gasteiger partial charge in [-0.2, -0.15) is 0 Å². The minimum atomic E-state index is -0.538. The Labute approximate surface area is 217 Å². The van der Waals surface area contributed by atoms with Gasteiger partial charge in [-0.1, -0.05) is 42.5 Å². The molecule has 0 unspecified atom stereocenters. The van der Waals surface area contributed by atoms with Crippen molar-refractivity contribution >= 4 is 43.7 Å². The first kappa shape index (κ1) is 26.0. The predicted molar refractivity (Wildman–Crippen MR) is 140 cm³/mol. The molecule has 178 valence electrons. The lowest BCUT2D eigenvalue weighted by Crippen LogP contribution is -2.36. The minimum Gasteiger partial charge on any atom is -0.487 e. The molecule has 0 fully saturated rings. The fourth-order valence-corrected chi connectivity index (χ4v) is 4.99. The van der Waals surface area contributed by atoms with E-state index in [1.54, 1.807) is 24.3 Å². The summed E-state index contributed by atoms with van der Waals surface area (Å²) in [7, 11) is 0. The second-order valence-corrected chi connectivity index (χ2v) is 9.82. The van der Waals surface area contributed by atoms with Crippen LogP contribution in [0, 0.1) is 6.92 Å². The van der Waals surface area contributed by atoms with Crippen LogP contribution in [0.4, 0.5) is 0 Å². The van der Waals surface area contributed by atoms with E-state index in [0.717, 1.165) is 38.7 Å². The number of hydrogen-bond acceptors (Lipinski definition) is 4. The second kappa shape index (κ2) is 12.7. The number of hydrogen-bond donors (Lipinski definition) is 1. The standard InChI is InChI=1S/C27H27Br2NO4/c1-18-14-23(28)26(24(29)15-18)33-16-21-10-12-22(13-11-21)27(32)34-17-25(31)30-19(2)8-9-20-6-4-3-5-7-20/h3-7,10-15,19H,8-9,16-17H2,1-2H3,(H,30,31)/t19-/m1/s1. The molecule has 0 radical (unpaired) electrons. The van der Waals surface area contributed by atoms with Crippen molar-refractivity contribution in [2.45, 2.75) is 39.3 Å². The summed E-state index contributed by atoms with van der Waals surface area (Å²) >= 11 is 7.03. The van der Waals surface area contributed by atoms with E-state index in [0.29, 0.717) is 12.2 Å². The lowest BCUT2D eigenvalue weighted by Gasteiger charge is -2.14. The zero-order valence-corrected chi connectivity index (χ0v) is 22.3. The topological polar surface area (TPSA) is 64.6 Å². The lowest BCUT2D eigenvalue weighted by atomic mass is 10.1. The van der Waals surface area contributed by atoms with Gasteiger partial charge >= 0.3 is 5.97 Å². The second-order valence-electron chi connectivity index (χ2n) is 8.11. The molecular formula is C27H27Br2NO4. The van der Waals surface area contributed by atoms with Crippen LogP contribution in [0.2, 0.25) is 0 Å².